The number of phenols is 1. The summed E-state index contributed by atoms with van der Waals surface area (Å²) in [6, 6.07) is 14.3. The number of benzene rings is 2. The Bertz CT molecular complexity index is 1120. The minimum Gasteiger partial charge on any atom is -0.508 e. The van der Waals surface area contributed by atoms with Crippen LogP contribution in [0.2, 0.25) is 0 Å². The summed E-state index contributed by atoms with van der Waals surface area (Å²) < 4.78 is 1.55. The predicted octanol–water partition coefficient (Wildman–Crippen LogP) is 3.52. The lowest BCUT2D eigenvalue weighted by Gasteiger charge is -2.10. The Morgan fingerprint density at radius 1 is 1.19 bits per heavy atom. The second-order valence-electron chi connectivity index (χ2n) is 6.18. The molecule has 0 aliphatic carbocycles. The van der Waals surface area contributed by atoms with E-state index in [1.807, 2.05) is 38.1 Å². The smallest absolute Gasteiger partial charge is 0.214 e. The van der Waals surface area contributed by atoms with Crippen LogP contribution in [-0.4, -0.2) is 41.3 Å². The van der Waals surface area contributed by atoms with E-state index in [2.05, 4.69) is 20.5 Å². The molecule has 0 bridgehead atoms. The molecule has 2 N–H and O–H groups in total. The van der Waals surface area contributed by atoms with Gasteiger partial charge in [-0.2, -0.15) is 4.68 Å². The molecule has 1 unspecified atom stereocenters. The summed E-state index contributed by atoms with van der Waals surface area (Å²) in [5.41, 5.74) is 3.22. The molecular weight excluding hydrogens is 362 g/mol. The minimum absolute atomic E-state index is 0.0233. The first-order valence-corrected chi connectivity index (χ1v) is 9.28. The van der Waals surface area contributed by atoms with Crippen LogP contribution in [0, 0.1) is 6.92 Å². The number of carbonyl (C=O) groups excluding carboxylic acids is 1. The third-order valence-corrected chi connectivity index (χ3v) is 5.36. The van der Waals surface area contributed by atoms with Crippen molar-refractivity contribution in [3.05, 3.63) is 59.8 Å². The summed E-state index contributed by atoms with van der Waals surface area (Å²) in [4.78, 5) is 16.4. The Morgan fingerprint density at radius 2 is 1.93 bits per heavy atom. The number of aromatic nitrogens is 5. The number of aryl methyl sites for hydroxylation is 1. The van der Waals surface area contributed by atoms with Crippen molar-refractivity contribution in [2.75, 3.05) is 0 Å². The van der Waals surface area contributed by atoms with E-state index in [-0.39, 0.29) is 16.8 Å². The third-order valence-electron chi connectivity index (χ3n) is 4.33. The van der Waals surface area contributed by atoms with Crippen LogP contribution in [0.5, 0.6) is 5.75 Å². The summed E-state index contributed by atoms with van der Waals surface area (Å²) in [5.74, 6) is 0.189. The molecule has 8 heteroatoms. The van der Waals surface area contributed by atoms with Gasteiger partial charge in [0.05, 0.1) is 10.9 Å². The van der Waals surface area contributed by atoms with Gasteiger partial charge in [-0.3, -0.25) is 4.79 Å². The first kappa shape index (κ1) is 17.3. The number of H-pyrrole nitrogens is 1. The van der Waals surface area contributed by atoms with Crippen molar-refractivity contribution in [2.45, 2.75) is 24.3 Å². The van der Waals surface area contributed by atoms with E-state index < -0.39 is 0 Å². The molecule has 4 aromatic rings. The number of para-hydroxylation sites is 1. The molecular formula is C19H17N5O2S. The molecule has 136 valence electrons. The number of phenolic OH excluding ortho intramolecular Hbond substituents is 1. The quantitative estimate of drug-likeness (QED) is 0.407. The summed E-state index contributed by atoms with van der Waals surface area (Å²) >= 11 is 1.30. The maximum absolute atomic E-state index is 13.1. The van der Waals surface area contributed by atoms with Crippen LogP contribution in [0.4, 0.5) is 0 Å². The van der Waals surface area contributed by atoms with Crippen molar-refractivity contribution in [3.8, 4) is 11.4 Å². The molecule has 0 saturated carbocycles. The van der Waals surface area contributed by atoms with Gasteiger partial charge in [0.2, 0.25) is 5.16 Å². The number of aromatic amines is 1. The largest absolute Gasteiger partial charge is 0.508 e. The number of ketones is 1. The Kier molecular flexibility index (Phi) is 4.41. The maximum atomic E-state index is 13.1. The molecule has 4 rings (SSSR count). The van der Waals surface area contributed by atoms with Crippen LogP contribution in [0.25, 0.3) is 16.6 Å². The van der Waals surface area contributed by atoms with Gasteiger partial charge >= 0.3 is 0 Å². The molecule has 1 atom stereocenters. The number of hydrogen-bond donors (Lipinski definition) is 2. The molecule has 7 nitrogen and oxygen atoms in total. The zero-order valence-corrected chi connectivity index (χ0v) is 15.6. The molecule has 0 fully saturated rings. The Labute approximate surface area is 159 Å². The maximum Gasteiger partial charge on any atom is 0.214 e. The highest BCUT2D eigenvalue weighted by Gasteiger charge is 2.24. The highest BCUT2D eigenvalue weighted by Crippen LogP contribution is 2.29. The average Bonchev–Trinajstić information content (AvgIpc) is 3.25. The number of aromatic hydroxyl groups is 1. The summed E-state index contributed by atoms with van der Waals surface area (Å²) in [6.07, 6.45) is 0. The van der Waals surface area contributed by atoms with E-state index in [4.69, 9.17) is 0 Å². The van der Waals surface area contributed by atoms with E-state index >= 15 is 0 Å². The fourth-order valence-corrected chi connectivity index (χ4v) is 3.88. The molecule has 0 aliphatic rings. The average molecular weight is 379 g/mol. The molecule has 0 spiro atoms. The lowest BCUT2D eigenvalue weighted by Crippen LogP contribution is -2.15. The van der Waals surface area contributed by atoms with Crippen LogP contribution in [0.3, 0.4) is 0 Å². The van der Waals surface area contributed by atoms with E-state index in [9.17, 15) is 9.90 Å². The van der Waals surface area contributed by atoms with E-state index in [0.717, 1.165) is 16.6 Å². The van der Waals surface area contributed by atoms with E-state index in [1.165, 1.54) is 11.8 Å². The normalized spacial score (nSPS) is 12.4. The predicted molar refractivity (Wildman–Crippen MR) is 104 cm³/mol. The van der Waals surface area contributed by atoms with Crippen molar-refractivity contribution < 1.29 is 9.90 Å². The highest BCUT2D eigenvalue weighted by atomic mass is 32.2. The number of Topliss-reactive ketones (excluding diaryl/α,β-unsaturated/α-hetero) is 1. The van der Waals surface area contributed by atoms with Gasteiger partial charge in [0.15, 0.2) is 5.78 Å². The number of fused-ring (bicyclic) bond motifs is 1. The molecule has 2 heterocycles. The number of nitrogens with one attached hydrogen (secondary N) is 1. The van der Waals surface area contributed by atoms with Crippen LogP contribution in [0.1, 0.15) is 23.0 Å². The van der Waals surface area contributed by atoms with Gasteiger partial charge in [-0.1, -0.05) is 30.0 Å². The molecule has 27 heavy (non-hydrogen) atoms. The fourth-order valence-electron chi connectivity index (χ4n) is 3.02. The zero-order chi connectivity index (χ0) is 19.0. The zero-order valence-electron chi connectivity index (χ0n) is 14.7. The van der Waals surface area contributed by atoms with Gasteiger partial charge in [0.25, 0.3) is 0 Å². The van der Waals surface area contributed by atoms with E-state index in [1.54, 1.807) is 28.9 Å². The summed E-state index contributed by atoms with van der Waals surface area (Å²) in [7, 11) is 0. The number of rotatable bonds is 5. The second-order valence-corrected chi connectivity index (χ2v) is 7.49. The Balaban J connectivity index is 1.62. The standard InChI is InChI=1S/C19H17N5O2S/c1-11-17(15-5-3-4-6-16(15)20-11)18(26)12(2)27-19-21-22-23-24(19)13-7-9-14(25)10-8-13/h3-10,12,20,25H,1-2H3. The molecule has 0 saturated heterocycles. The molecule has 0 radical (unpaired) electrons. The monoisotopic (exact) mass is 379 g/mol. The SMILES string of the molecule is Cc1[nH]c2ccccc2c1C(=O)C(C)Sc1nnnn1-c1ccc(O)cc1. The molecule has 0 aliphatic heterocycles. The second kappa shape index (κ2) is 6.88. The third kappa shape index (κ3) is 3.19. The minimum atomic E-state index is -0.371. The first-order valence-electron chi connectivity index (χ1n) is 8.40. The van der Waals surface area contributed by atoms with Crippen molar-refractivity contribution in [1.29, 1.82) is 0 Å². The topological polar surface area (TPSA) is 96.7 Å². The number of tetrazole rings is 1. The van der Waals surface area contributed by atoms with Crippen molar-refractivity contribution in [2.24, 2.45) is 0 Å². The van der Waals surface area contributed by atoms with Gasteiger partial charge in [-0.15, -0.1) is 5.10 Å². The van der Waals surface area contributed by atoms with Crippen molar-refractivity contribution in [1.82, 2.24) is 25.2 Å². The molecule has 2 aromatic heterocycles. The van der Waals surface area contributed by atoms with Crippen molar-refractivity contribution in [3.63, 3.8) is 0 Å². The van der Waals surface area contributed by atoms with Gasteiger partial charge in [0.1, 0.15) is 5.75 Å². The highest BCUT2D eigenvalue weighted by molar-refractivity contribution is 8.00. The summed E-state index contributed by atoms with van der Waals surface area (Å²) in [5, 5.41) is 22.3. The lowest BCUT2D eigenvalue weighted by atomic mass is 10.1. The van der Waals surface area contributed by atoms with Gasteiger partial charge in [-0.25, -0.2) is 0 Å². The molecule has 0 amide bonds. The number of hydrogen-bond acceptors (Lipinski definition) is 6. The number of thioether (sulfide) groups is 1. The first-order chi connectivity index (χ1) is 13.0. The lowest BCUT2D eigenvalue weighted by molar-refractivity contribution is 0.0995. The number of carbonyl (C=O) groups is 1. The number of nitrogens with zero attached hydrogens (tertiary/aromatic N) is 4. The van der Waals surface area contributed by atoms with Gasteiger partial charge in [-0.05, 0) is 54.6 Å². The molecule has 2 aromatic carbocycles. The van der Waals surface area contributed by atoms with Crippen LogP contribution in [0.15, 0.2) is 53.7 Å². The Morgan fingerprint density at radius 3 is 2.70 bits per heavy atom. The van der Waals surface area contributed by atoms with E-state index in [0.29, 0.717) is 16.4 Å². The van der Waals surface area contributed by atoms with Crippen molar-refractivity contribution >= 4 is 28.4 Å². The van der Waals surface area contributed by atoms with Gasteiger partial charge in [0, 0.05) is 22.2 Å². The van der Waals surface area contributed by atoms with Crippen LogP contribution in [-0.2, 0) is 0 Å². The van der Waals surface area contributed by atoms with Crippen LogP contribution < -0.4 is 0 Å². The fraction of sp³-hybridized carbons (Fsp3) is 0.158. The summed E-state index contributed by atoms with van der Waals surface area (Å²) in [6.45, 7) is 3.76. The Hall–Kier alpha value is -3.13. The van der Waals surface area contributed by atoms with Crippen LogP contribution >= 0.6 is 11.8 Å². The van der Waals surface area contributed by atoms with Gasteiger partial charge < -0.3 is 10.1 Å².